The minimum absolute atomic E-state index is 0.141. The van der Waals surface area contributed by atoms with Crippen LogP contribution in [0.3, 0.4) is 0 Å². The molecule has 0 radical (unpaired) electrons. The van der Waals surface area contributed by atoms with Crippen LogP contribution in [0, 0.1) is 20.8 Å². The molecule has 0 bridgehead atoms. The van der Waals surface area contributed by atoms with Crippen molar-refractivity contribution in [3.05, 3.63) is 105 Å². The van der Waals surface area contributed by atoms with Crippen LogP contribution in [0.15, 0.2) is 72.0 Å². The van der Waals surface area contributed by atoms with E-state index >= 15 is 0 Å². The fourth-order valence-electron chi connectivity index (χ4n) is 3.93. The van der Waals surface area contributed by atoms with Crippen molar-refractivity contribution in [3.63, 3.8) is 0 Å². The summed E-state index contributed by atoms with van der Waals surface area (Å²) in [5.74, 6) is 0.918. The van der Waals surface area contributed by atoms with E-state index in [1.807, 2.05) is 52.0 Å². The Bertz CT molecular complexity index is 1040. The number of hydrogen-bond acceptors (Lipinski definition) is 2. The maximum absolute atomic E-state index is 11.0. The van der Waals surface area contributed by atoms with Gasteiger partial charge in [-0.15, -0.1) is 0 Å². The highest BCUT2D eigenvalue weighted by molar-refractivity contribution is 6.30. The number of carbonyl (C=O) groups is 1. The molecule has 2 aromatic rings. The Kier molecular flexibility index (Phi) is 18.2. The van der Waals surface area contributed by atoms with Gasteiger partial charge in [0.1, 0.15) is 5.76 Å². The van der Waals surface area contributed by atoms with E-state index in [-0.39, 0.29) is 5.78 Å². The Morgan fingerprint density at radius 2 is 1.59 bits per heavy atom. The van der Waals surface area contributed by atoms with Crippen LogP contribution in [0.1, 0.15) is 99.3 Å². The van der Waals surface area contributed by atoms with Gasteiger partial charge in [-0.2, -0.15) is 0 Å². The quantitative estimate of drug-likeness (QED) is 0.204. The van der Waals surface area contributed by atoms with Gasteiger partial charge in [0.05, 0.1) is 7.11 Å². The molecule has 0 atom stereocenters. The molecule has 2 nitrogen and oxygen atoms in total. The third-order valence-corrected chi connectivity index (χ3v) is 6.29. The molecule has 0 amide bonds. The zero-order valence-corrected chi connectivity index (χ0v) is 25.5. The lowest BCUT2D eigenvalue weighted by Crippen LogP contribution is -1.96. The van der Waals surface area contributed by atoms with Gasteiger partial charge >= 0.3 is 0 Å². The first kappa shape index (κ1) is 34.4. The fourth-order valence-corrected chi connectivity index (χ4v) is 4.12. The van der Waals surface area contributed by atoms with Gasteiger partial charge in [0.25, 0.3) is 0 Å². The molecule has 0 aromatic heterocycles. The van der Waals surface area contributed by atoms with Crippen molar-refractivity contribution in [3.8, 4) is 0 Å². The Morgan fingerprint density at radius 3 is 2.14 bits per heavy atom. The van der Waals surface area contributed by atoms with Crippen LogP contribution in [0.4, 0.5) is 0 Å². The van der Waals surface area contributed by atoms with E-state index < -0.39 is 0 Å². The number of methoxy groups -OCH3 is 1. The molecule has 0 N–H and O–H groups in total. The number of rotatable bonds is 7. The van der Waals surface area contributed by atoms with E-state index in [2.05, 4.69) is 51.6 Å². The number of unbranched alkanes of at least 4 members (excludes halogenated alkanes) is 2. The Morgan fingerprint density at radius 1 is 0.946 bits per heavy atom. The highest BCUT2D eigenvalue weighted by Crippen LogP contribution is 2.23. The number of ether oxygens (including phenoxy) is 1. The first-order chi connectivity index (χ1) is 17.6. The number of allylic oxidation sites excluding steroid dienone is 3. The number of aryl methyl sites for hydroxylation is 4. The van der Waals surface area contributed by atoms with Crippen molar-refractivity contribution in [2.75, 3.05) is 7.11 Å². The zero-order chi connectivity index (χ0) is 28.4. The third kappa shape index (κ3) is 13.5. The van der Waals surface area contributed by atoms with E-state index in [0.717, 1.165) is 34.8 Å². The molecule has 3 heteroatoms. The molecule has 0 saturated carbocycles. The highest BCUT2D eigenvalue weighted by Gasteiger charge is 2.07. The lowest BCUT2D eigenvalue weighted by molar-refractivity contribution is 0.101. The minimum Gasteiger partial charge on any atom is -0.497 e. The lowest BCUT2D eigenvalue weighted by atomic mass is 9.98. The molecule has 37 heavy (non-hydrogen) atoms. The topological polar surface area (TPSA) is 26.3 Å². The van der Waals surface area contributed by atoms with Gasteiger partial charge in [0.2, 0.25) is 0 Å². The molecular weight excluding hydrogens is 476 g/mol. The summed E-state index contributed by atoms with van der Waals surface area (Å²) in [4.78, 5) is 11.0. The SMILES string of the molecule is C=C(OC)C1=CCCC=C1C.CC.CC(=O)c1ccc(C)cc1C.CCCCCc1cc(Cl)ccc1C. The molecular formula is C34H49ClO2. The summed E-state index contributed by atoms with van der Waals surface area (Å²) in [6, 6.07) is 12.0. The van der Waals surface area contributed by atoms with E-state index in [0.29, 0.717) is 0 Å². The van der Waals surface area contributed by atoms with Crippen molar-refractivity contribution in [1.29, 1.82) is 0 Å². The molecule has 0 fully saturated rings. The number of hydrogen-bond donors (Lipinski definition) is 0. The average molecular weight is 525 g/mol. The first-order valence-electron chi connectivity index (χ1n) is 13.5. The Labute approximate surface area is 232 Å². The van der Waals surface area contributed by atoms with E-state index in [9.17, 15) is 4.79 Å². The number of benzene rings is 2. The van der Waals surface area contributed by atoms with Gasteiger partial charge in [0.15, 0.2) is 5.78 Å². The molecule has 1 aliphatic carbocycles. The molecule has 3 rings (SSSR count). The monoisotopic (exact) mass is 524 g/mol. The van der Waals surface area contributed by atoms with E-state index in [1.165, 1.54) is 53.5 Å². The van der Waals surface area contributed by atoms with Crippen molar-refractivity contribution in [1.82, 2.24) is 0 Å². The maximum atomic E-state index is 11.0. The lowest BCUT2D eigenvalue weighted by Gasteiger charge is -2.13. The summed E-state index contributed by atoms with van der Waals surface area (Å²) in [6.45, 7) is 19.9. The predicted octanol–water partition coefficient (Wildman–Crippen LogP) is 10.7. The summed E-state index contributed by atoms with van der Waals surface area (Å²) in [5, 5.41) is 0.858. The minimum atomic E-state index is 0.141. The van der Waals surface area contributed by atoms with Crippen LogP contribution < -0.4 is 0 Å². The van der Waals surface area contributed by atoms with Gasteiger partial charge in [-0.05, 0) is 94.7 Å². The molecule has 2 aromatic carbocycles. The molecule has 0 unspecified atom stereocenters. The normalized spacial score (nSPS) is 11.7. The molecule has 0 saturated heterocycles. The van der Waals surface area contributed by atoms with Crippen molar-refractivity contribution < 1.29 is 9.53 Å². The summed E-state index contributed by atoms with van der Waals surface area (Å²) in [6.07, 6.45) is 11.7. The van der Waals surface area contributed by atoms with Gasteiger partial charge in [0, 0.05) is 16.2 Å². The van der Waals surface area contributed by atoms with Crippen molar-refractivity contribution in [2.24, 2.45) is 0 Å². The second-order valence-electron chi connectivity index (χ2n) is 9.11. The van der Waals surface area contributed by atoms with Crippen LogP contribution in [0.2, 0.25) is 5.02 Å². The standard InChI is InChI=1S/C12H17Cl.C10H12O.C10H14O.C2H6/c1-3-4-5-6-11-9-12(13)8-7-10(11)2;1-7-4-5-10(9(3)11)8(2)6-7;1-8-6-4-5-7-10(8)9(2)11-3;1-2/h7-9H,3-6H2,1-2H3;4-6H,1-3H3;6-7H,2,4-5H2,1,3H3;1-2H3. The van der Waals surface area contributed by atoms with Crippen LogP contribution in [-0.4, -0.2) is 12.9 Å². The van der Waals surface area contributed by atoms with Crippen LogP contribution in [-0.2, 0) is 11.2 Å². The largest absolute Gasteiger partial charge is 0.497 e. The van der Waals surface area contributed by atoms with Crippen LogP contribution in [0.25, 0.3) is 0 Å². The van der Waals surface area contributed by atoms with Crippen molar-refractivity contribution in [2.45, 2.75) is 93.9 Å². The summed E-state index contributed by atoms with van der Waals surface area (Å²) in [7, 11) is 1.66. The Balaban J connectivity index is 0.000000510. The van der Waals surface area contributed by atoms with Crippen LogP contribution >= 0.6 is 11.6 Å². The summed E-state index contributed by atoms with van der Waals surface area (Å²) in [5.41, 5.74) is 8.31. The van der Waals surface area contributed by atoms with Crippen LogP contribution in [0.5, 0.6) is 0 Å². The van der Waals surface area contributed by atoms with Gasteiger partial charge in [-0.1, -0.05) is 93.8 Å². The molecule has 204 valence electrons. The number of halogens is 1. The summed E-state index contributed by atoms with van der Waals surface area (Å²) < 4.78 is 5.06. The highest BCUT2D eigenvalue weighted by atomic mass is 35.5. The number of carbonyl (C=O) groups excluding carboxylic acids is 1. The van der Waals surface area contributed by atoms with Crippen molar-refractivity contribution >= 4 is 17.4 Å². The van der Waals surface area contributed by atoms with E-state index in [1.54, 1.807) is 14.0 Å². The molecule has 0 spiro atoms. The average Bonchev–Trinajstić information content (AvgIpc) is 2.88. The third-order valence-electron chi connectivity index (χ3n) is 6.06. The zero-order valence-electron chi connectivity index (χ0n) is 24.8. The first-order valence-corrected chi connectivity index (χ1v) is 13.9. The maximum Gasteiger partial charge on any atom is 0.160 e. The molecule has 1 aliphatic rings. The molecule has 0 heterocycles. The molecule has 0 aliphatic heterocycles. The Hall–Kier alpha value is -2.58. The predicted molar refractivity (Wildman–Crippen MR) is 164 cm³/mol. The van der Waals surface area contributed by atoms with Gasteiger partial charge in [-0.3, -0.25) is 4.79 Å². The summed E-state index contributed by atoms with van der Waals surface area (Å²) >= 11 is 5.93. The second-order valence-corrected chi connectivity index (χ2v) is 9.55. The number of Topliss-reactive ketones (excluding diaryl/α,β-unsaturated/α-hetero) is 1. The second kappa shape index (κ2) is 19.5. The van der Waals surface area contributed by atoms with E-state index in [4.69, 9.17) is 16.3 Å². The smallest absolute Gasteiger partial charge is 0.160 e. The number of ketones is 1. The van der Waals surface area contributed by atoms with Gasteiger partial charge < -0.3 is 4.74 Å². The van der Waals surface area contributed by atoms with Gasteiger partial charge in [-0.25, -0.2) is 0 Å². The fraction of sp³-hybridized carbons (Fsp3) is 0.441.